The van der Waals surface area contributed by atoms with Crippen LogP contribution in [-0.4, -0.2) is 73.9 Å². The Kier molecular flexibility index (Phi) is 4.29. The van der Waals surface area contributed by atoms with Gasteiger partial charge in [0.2, 0.25) is 5.91 Å². The van der Waals surface area contributed by atoms with Crippen molar-refractivity contribution in [1.29, 1.82) is 0 Å². The summed E-state index contributed by atoms with van der Waals surface area (Å²) in [4.78, 5) is 17.0. The molecule has 20 heavy (non-hydrogen) atoms. The maximum atomic E-state index is 12.5. The minimum absolute atomic E-state index is 0.130. The Bertz CT molecular complexity index is 357. The Hall–Kier alpha value is -0.650. The Morgan fingerprint density at radius 2 is 2.05 bits per heavy atom. The topological polar surface area (TPSA) is 42.0 Å². The maximum Gasteiger partial charge on any atom is 0.228 e. The first kappa shape index (κ1) is 14.3. The Morgan fingerprint density at radius 3 is 2.75 bits per heavy atom. The van der Waals surface area contributed by atoms with Crippen LogP contribution < -0.4 is 0 Å². The number of hydrogen-bond acceptors (Lipinski definition) is 4. The maximum absolute atomic E-state index is 12.5. The van der Waals surface area contributed by atoms with E-state index in [0.29, 0.717) is 24.5 Å². The predicted octanol–water partition coefficient (Wildman–Crippen LogP) is 0.591. The fourth-order valence-electron chi connectivity index (χ4n) is 3.58. The highest BCUT2D eigenvalue weighted by molar-refractivity contribution is 5.82. The number of morpholine rings is 1. The standard InChI is InChI=1S/C15H26N2O3/c1-3-20-14-8-12(14)15(18)17-9-11(2)13(10-17)16-4-6-19-7-5-16/h11-14H,3-10H2,1-2H3/t11-,12+,13+,14-/m1/s1. The molecule has 3 rings (SSSR count). The minimum atomic E-state index is 0.130. The molecule has 3 fully saturated rings. The number of carbonyl (C=O) groups excluding carboxylic acids is 1. The number of hydrogen-bond donors (Lipinski definition) is 0. The van der Waals surface area contributed by atoms with Crippen LogP contribution in [0.25, 0.3) is 0 Å². The predicted molar refractivity (Wildman–Crippen MR) is 75.4 cm³/mol. The van der Waals surface area contributed by atoms with Crippen molar-refractivity contribution in [2.24, 2.45) is 11.8 Å². The van der Waals surface area contributed by atoms with E-state index >= 15 is 0 Å². The molecular formula is C15H26N2O3. The Labute approximate surface area is 121 Å². The molecule has 1 saturated carbocycles. The van der Waals surface area contributed by atoms with Crippen LogP contribution in [0.4, 0.5) is 0 Å². The van der Waals surface area contributed by atoms with Gasteiger partial charge in [-0.15, -0.1) is 0 Å². The fraction of sp³-hybridized carbons (Fsp3) is 0.933. The van der Waals surface area contributed by atoms with Gasteiger partial charge in [-0.3, -0.25) is 9.69 Å². The van der Waals surface area contributed by atoms with E-state index in [4.69, 9.17) is 9.47 Å². The van der Waals surface area contributed by atoms with Crippen LogP contribution in [-0.2, 0) is 14.3 Å². The zero-order chi connectivity index (χ0) is 14.1. The van der Waals surface area contributed by atoms with Gasteiger partial charge in [0.25, 0.3) is 0 Å². The molecule has 2 saturated heterocycles. The molecule has 0 radical (unpaired) electrons. The second-order valence-electron chi connectivity index (χ2n) is 6.27. The van der Waals surface area contributed by atoms with Crippen LogP contribution in [0.15, 0.2) is 0 Å². The molecule has 5 heteroatoms. The number of nitrogens with zero attached hydrogens (tertiary/aromatic N) is 2. The zero-order valence-corrected chi connectivity index (χ0v) is 12.6. The van der Waals surface area contributed by atoms with E-state index < -0.39 is 0 Å². The third-order valence-corrected chi connectivity index (χ3v) is 4.83. The average molecular weight is 282 g/mol. The van der Waals surface area contributed by atoms with E-state index in [9.17, 15) is 4.79 Å². The lowest BCUT2D eigenvalue weighted by Gasteiger charge is -2.34. The van der Waals surface area contributed by atoms with Crippen LogP contribution in [0, 0.1) is 11.8 Å². The first-order valence-corrected chi connectivity index (χ1v) is 7.93. The highest BCUT2D eigenvalue weighted by atomic mass is 16.5. The summed E-state index contributed by atoms with van der Waals surface area (Å²) in [6.45, 7) is 10.4. The summed E-state index contributed by atoms with van der Waals surface area (Å²) in [5.74, 6) is 0.998. The SMILES string of the molecule is CCO[C@@H]1C[C@@H]1C(=O)N1C[C@@H](C)[C@@H](N2CCOCC2)C1. The van der Waals surface area contributed by atoms with E-state index in [1.54, 1.807) is 0 Å². The van der Waals surface area contributed by atoms with Gasteiger partial charge in [0.05, 0.1) is 25.2 Å². The number of rotatable bonds is 4. The molecule has 2 aliphatic heterocycles. The molecule has 2 heterocycles. The van der Waals surface area contributed by atoms with Crippen LogP contribution >= 0.6 is 0 Å². The van der Waals surface area contributed by atoms with E-state index in [1.165, 1.54) is 0 Å². The number of carbonyl (C=O) groups is 1. The molecule has 0 bridgehead atoms. The minimum Gasteiger partial charge on any atom is -0.379 e. The van der Waals surface area contributed by atoms with Crippen molar-refractivity contribution in [3.8, 4) is 0 Å². The Balaban J connectivity index is 1.53. The largest absolute Gasteiger partial charge is 0.379 e. The lowest BCUT2D eigenvalue weighted by Crippen LogP contribution is -2.47. The summed E-state index contributed by atoms with van der Waals surface area (Å²) in [5.41, 5.74) is 0. The van der Waals surface area contributed by atoms with Crippen molar-refractivity contribution in [2.45, 2.75) is 32.4 Å². The molecule has 5 nitrogen and oxygen atoms in total. The normalized spacial score (nSPS) is 38.2. The van der Waals surface area contributed by atoms with Gasteiger partial charge in [-0.25, -0.2) is 0 Å². The van der Waals surface area contributed by atoms with Crippen molar-refractivity contribution >= 4 is 5.91 Å². The van der Waals surface area contributed by atoms with Crippen molar-refractivity contribution in [3.63, 3.8) is 0 Å². The molecule has 114 valence electrons. The van der Waals surface area contributed by atoms with E-state index in [2.05, 4.69) is 16.7 Å². The molecule has 0 N–H and O–H groups in total. The molecule has 0 spiro atoms. The number of ether oxygens (including phenoxy) is 2. The zero-order valence-electron chi connectivity index (χ0n) is 12.6. The highest BCUT2D eigenvalue weighted by Gasteiger charge is 2.48. The first-order valence-electron chi connectivity index (χ1n) is 7.93. The summed E-state index contributed by atoms with van der Waals surface area (Å²) in [6.07, 6.45) is 1.10. The van der Waals surface area contributed by atoms with Crippen LogP contribution in [0.2, 0.25) is 0 Å². The van der Waals surface area contributed by atoms with Crippen molar-refractivity contribution < 1.29 is 14.3 Å². The second kappa shape index (κ2) is 6.00. The van der Waals surface area contributed by atoms with Gasteiger partial charge in [0, 0.05) is 38.8 Å². The second-order valence-corrected chi connectivity index (χ2v) is 6.27. The Morgan fingerprint density at radius 1 is 1.30 bits per heavy atom. The van der Waals surface area contributed by atoms with Gasteiger partial charge in [-0.2, -0.15) is 0 Å². The van der Waals surface area contributed by atoms with Crippen LogP contribution in [0.1, 0.15) is 20.3 Å². The molecule has 4 atom stereocenters. The third-order valence-electron chi connectivity index (χ3n) is 4.83. The van der Waals surface area contributed by atoms with Crippen LogP contribution in [0.5, 0.6) is 0 Å². The fourth-order valence-corrected chi connectivity index (χ4v) is 3.58. The van der Waals surface area contributed by atoms with Gasteiger partial charge in [0.15, 0.2) is 0 Å². The van der Waals surface area contributed by atoms with Gasteiger partial charge in [-0.05, 0) is 19.3 Å². The third kappa shape index (κ3) is 2.85. The van der Waals surface area contributed by atoms with E-state index in [-0.39, 0.29) is 12.0 Å². The molecule has 0 unspecified atom stereocenters. The highest BCUT2D eigenvalue weighted by Crippen LogP contribution is 2.37. The summed E-state index contributed by atoms with van der Waals surface area (Å²) in [6, 6.07) is 0.507. The van der Waals surface area contributed by atoms with Crippen LogP contribution in [0.3, 0.4) is 0 Å². The van der Waals surface area contributed by atoms with Crippen molar-refractivity contribution in [3.05, 3.63) is 0 Å². The molecule has 3 aliphatic rings. The van der Waals surface area contributed by atoms with Crippen molar-refractivity contribution in [2.75, 3.05) is 46.0 Å². The lowest BCUT2D eigenvalue weighted by atomic mass is 10.0. The van der Waals surface area contributed by atoms with Crippen molar-refractivity contribution in [1.82, 2.24) is 9.80 Å². The summed E-state index contributed by atoms with van der Waals surface area (Å²) >= 11 is 0. The molecule has 1 amide bonds. The molecule has 0 aromatic carbocycles. The lowest BCUT2D eigenvalue weighted by molar-refractivity contribution is -0.132. The molecule has 0 aromatic rings. The van der Waals surface area contributed by atoms with Gasteiger partial charge >= 0.3 is 0 Å². The molecule has 0 aromatic heterocycles. The van der Waals surface area contributed by atoms with Gasteiger partial charge in [-0.1, -0.05) is 6.92 Å². The molecular weight excluding hydrogens is 256 g/mol. The average Bonchev–Trinajstić information content (AvgIpc) is 3.12. The number of likely N-dealkylation sites (tertiary alicyclic amines) is 1. The quantitative estimate of drug-likeness (QED) is 0.757. The molecule has 1 aliphatic carbocycles. The van der Waals surface area contributed by atoms with Gasteiger partial charge < -0.3 is 14.4 Å². The number of amides is 1. The summed E-state index contributed by atoms with van der Waals surface area (Å²) in [7, 11) is 0. The summed E-state index contributed by atoms with van der Waals surface area (Å²) in [5, 5.41) is 0. The van der Waals surface area contributed by atoms with E-state index in [1.807, 2.05) is 6.92 Å². The summed E-state index contributed by atoms with van der Waals surface area (Å²) < 4.78 is 11.0. The van der Waals surface area contributed by atoms with Gasteiger partial charge in [0.1, 0.15) is 0 Å². The monoisotopic (exact) mass is 282 g/mol. The smallest absolute Gasteiger partial charge is 0.228 e. The van der Waals surface area contributed by atoms with E-state index in [0.717, 1.165) is 45.8 Å². The first-order chi connectivity index (χ1) is 9.70.